The van der Waals surface area contributed by atoms with E-state index in [2.05, 4.69) is 32.0 Å². The van der Waals surface area contributed by atoms with Gasteiger partial charge in [-0.15, -0.1) is 0 Å². The Morgan fingerprint density at radius 2 is 2.00 bits per heavy atom. The number of ketones is 1. The van der Waals surface area contributed by atoms with Gasteiger partial charge in [-0.3, -0.25) is 4.79 Å². The average molecular weight is 449 g/mol. The standard InChI is InChI=1S/C30H40O3/c1-3-19-5-7-23-20(15-19)17-29-12-9-22(32)16-21(29)6-8-24-26-10-13-30(33,11-4-14-31)28(26,2)18-25(23)27(24)29/h5,7,15-16,24-27,31,33H,3-4,6,8-14,17-18H2,1-2H3/t24-,25+,26+,27+,28-,29+,30+/m0/s1. The number of benzene rings is 1. The van der Waals surface area contributed by atoms with E-state index in [0.717, 1.165) is 44.9 Å². The van der Waals surface area contributed by atoms with Gasteiger partial charge < -0.3 is 10.2 Å². The summed E-state index contributed by atoms with van der Waals surface area (Å²) in [5.74, 6) is 2.57. The minimum absolute atomic E-state index is 0.0983. The van der Waals surface area contributed by atoms with Crippen molar-refractivity contribution in [1.82, 2.24) is 0 Å². The van der Waals surface area contributed by atoms with Crippen molar-refractivity contribution in [3.8, 4) is 0 Å². The first-order chi connectivity index (χ1) is 15.8. The van der Waals surface area contributed by atoms with Crippen molar-refractivity contribution in [2.75, 3.05) is 6.61 Å². The van der Waals surface area contributed by atoms with Crippen molar-refractivity contribution in [3.63, 3.8) is 0 Å². The van der Waals surface area contributed by atoms with E-state index in [4.69, 9.17) is 0 Å². The number of hydrogen-bond donors (Lipinski definition) is 2. The number of aryl methyl sites for hydroxylation is 1. The molecule has 3 heteroatoms. The summed E-state index contributed by atoms with van der Waals surface area (Å²) >= 11 is 0. The number of fused-ring (bicyclic) bond motifs is 4. The number of carbonyl (C=O) groups excluding carboxylic acids is 1. The fraction of sp³-hybridized carbons (Fsp3) is 0.700. The van der Waals surface area contributed by atoms with Crippen molar-refractivity contribution in [2.24, 2.45) is 28.6 Å². The van der Waals surface area contributed by atoms with Crippen molar-refractivity contribution < 1.29 is 15.0 Å². The van der Waals surface area contributed by atoms with Gasteiger partial charge in [0.15, 0.2) is 5.78 Å². The normalized spacial score (nSPS) is 43.3. The Morgan fingerprint density at radius 3 is 2.79 bits per heavy atom. The first-order valence-corrected chi connectivity index (χ1v) is 13.5. The molecule has 1 aromatic rings. The number of allylic oxidation sites excluding steroid dienone is 1. The zero-order valence-corrected chi connectivity index (χ0v) is 20.4. The van der Waals surface area contributed by atoms with E-state index in [9.17, 15) is 15.0 Å². The Kier molecular flexibility index (Phi) is 5.02. The highest BCUT2D eigenvalue weighted by atomic mass is 16.3. The lowest BCUT2D eigenvalue weighted by Gasteiger charge is -2.65. The number of hydrogen-bond acceptors (Lipinski definition) is 3. The fourth-order valence-corrected chi connectivity index (χ4v) is 9.76. The predicted octanol–water partition coefficient (Wildman–Crippen LogP) is 5.51. The molecule has 0 amide bonds. The van der Waals surface area contributed by atoms with Crippen molar-refractivity contribution in [2.45, 2.75) is 96.0 Å². The molecule has 3 saturated carbocycles. The summed E-state index contributed by atoms with van der Waals surface area (Å²) in [7, 11) is 0. The molecule has 0 saturated heterocycles. The van der Waals surface area contributed by atoms with Crippen molar-refractivity contribution >= 4 is 5.78 Å². The summed E-state index contributed by atoms with van der Waals surface area (Å²) in [6.45, 7) is 4.78. The first-order valence-electron chi connectivity index (χ1n) is 13.5. The zero-order chi connectivity index (χ0) is 23.0. The van der Waals surface area contributed by atoms with E-state index in [-0.39, 0.29) is 17.4 Å². The van der Waals surface area contributed by atoms with E-state index in [0.29, 0.717) is 48.7 Å². The average Bonchev–Trinajstić information content (AvgIpc) is 3.08. The molecule has 0 aromatic heterocycles. The number of rotatable bonds is 4. The molecule has 33 heavy (non-hydrogen) atoms. The van der Waals surface area contributed by atoms with Crippen molar-refractivity contribution in [3.05, 3.63) is 46.5 Å². The van der Waals surface area contributed by atoms with Gasteiger partial charge in [0, 0.05) is 13.0 Å². The van der Waals surface area contributed by atoms with Crippen LogP contribution < -0.4 is 0 Å². The van der Waals surface area contributed by atoms with E-state index in [1.807, 2.05) is 6.08 Å². The molecule has 1 aromatic carbocycles. The highest BCUT2D eigenvalue weighted by Gasteiger charge is 2.67. The molecule has 0 unspecified atom stereocenters. The lowest BCUT2D eigenvalue weighted by Crippen LogP contribution is -2.59. The Labute approximate surface area is 198 Å². The summed E-state index contributed by atoms with van der Waals surface area (Å²) < 4.78 is 0. The topological polar surface area (TPSA) is 57.5 Å². The maximum absolute atomic E-state index is 12.5. The second-order valence-electron chi connectivity index (χ2n) is 12.3. The van der Waals surface area contributed by atoms with Crippen LogP contribution >= 0.6 is 0 Å². The number of aliphatic hydroxyl groups excluding tert-OH is 1. The molecule has 5 aliphatic carbocycles. The van der Waals surface area contributed by atoms with Gasteiger partial charge in [0.05, 0.1) is 5.60 Å². The van der Waals surface area contributed by atoms with Crippen LogP contribution in [0.2, 0.25) is 0 Å². The lowest BCUT2D eigenvalue weighted by molar-refractivity contribution is -0.146. The minimum atomic E-state index is -0.669. The second-order valence-corrected chi connectivity index (χ2v) is 12.3. The maximum Gasteiger partial charge on any atom is 0.155 e. The van der Waals surface area contributed by atoms with Crippen LogP contribution in [0.3, 0.4) is 0 Å². The Bertz CT molecular complexity index is 1010. The Hall–Kier alpha value is -1.45. The largest absolute Gasteiger partial charge is 0.396 e. The van der Waals surface area contributed by atoms with Gasteiger partial charge in [0.2, 0.25) is 0 Å². The second kappa shape index (κ2) is 7.52. The molecule has 0 heterocycles. The zero-order valence-electron chi connectivity index (χ0n) is 20.4. The van der Waals surface area contributed by atoms with E-state index < -0.39 is 5.60 Å². The molecule has 0 bridgehead atoms. The van der Waals surface area contributed by atoms with Crippen LogP contribution in [0.25, 0.3) is 0 Å². The van der Waals surface area contributed by atoms with Crippen LogP contribution in [0.4, 0.5) is 0 Å². The quantitative estimate of drug-likeness (QED) is 0.638. The highest BCUT2D eigenvalue weighted by Crippen LogP contribution is 2.73. The highest BCUT2D eigenvalue weighted by molar-refractivity contribution is 5.91. The number of aliphatic hydroxyl groups is 2. The molecule has 6 rings (SSSR count). The third-order valence-electron chi connectivity index (χ3n) is 11.3. The molecular weight excluding hydrogens is 408 g/mol. The summed E-state index contributed by atoms with van der Waals surface area (Å²) in [5.41, 5.74) is 5.28. The molecule has 3 nitrogen and oxygen atoms in total. The van der Waals surface area contributed by atoms with Crippen LogP contribution in [0, 0.1) is 28.6 Å². The SMILES string of the molecule is CCc1ccc2c(c1)C[C@]13CCC(=O)C=C1CC[C@@H]1[C@@H]3[C@@H]2C[C@@]2(C)[C@@H]1CC[C@]2(O)CCCO. The summed E-state index contributed by atoms with van der Waals surface area (Å²) in [6.07, 6.45) is 12.6. The third-order valence-corrected chi connectivity index (χ3v) is 11.3. The van der Waals surface area contributed by atoms with Gasteiger partial charge in [-0.05, 0) is 121 Å². The van der Waals surface area contributed by atoms with Gasteiger partial charge >= 0.3 is 0 Å². The summed E-state index contributed by atoms with van der Waals surface area (Å²) in [6, 6.07) is 7.20. The van der Waals surface area contributed by atoms with Gasteiger partial charge in [-0.25, -0.2) is 0 Å². The van der Waals surface area contributed by atoms with Crippen LogP contribution in [-0.2, 0) is 17.6 Å². The van der Waals surface area contributed by atoms with Gasteiger partial charge in [-0.1, -0.05) is 37.6 Å². The molecule has 2 N–H and O–H groups in total. The van der Waals surface area contributed by atoms with Gasteiger partial charge in [0.25, 0.3) is 0 Å². The van der Waals surface area contributed by atoms with E-state index in [1.165, 1.54) is 28.7 Å². The summed E-state index contributed by atoms with van der Waals surface area (Å²) in [4.78, 5) is 12.5. The van der Waals surface area contributed by atoms with E-state index >= 15 is 0 Å². The monoisotopic (exact) mass is 448 g/mol. The lowest BCUT2D eigenvalue weighted by atomic mass is 9.39. The fourth-order valence-electron chi connectivity index (χ4n) is 9.76. The molecule has 178 valence electrons. The predicted molar refractivity (Wildman–Crippen MR) is 130 cm³/mol. The Morgan fingerprint density at radius 1 is 1.15 bits per heavy atom. The Balaban J connectivity index is 1.51. The maximum atomic E-state index is 12.5. The van der Waals surface area contributed by atoms with Crippen LogP contribution in [0.15, 0.2) is 29.8 Å². The van der Waals surface area contributed by atoms with Gasteiger partial charge in [-0.2, -0.15) is 0 Å². The van der Waals surface area contributed by atoms with Crippen LogP contribution in [-0.4, -0.2) is 28.2 Å². The minimum Gasteiger partial charge on any atom is -0.396 e. The molecule has 5 aliphatic rings. The molecule has 1 spiro atoms. The molecule has 0 aliphatic heterocycles. The van der Waals surface area contributed by atoms with E-state index in [1.54, 1.807) is 0 Å². The molecular formula is C30H40O3. The molecule has 3 fully saturated rings. The molecule has 0 radical (unpaired) electrons. The van der Waals surface area contributed by atoms with Gasteiger partial charge in [0.1, 0.15) is 0 Å². The number of carbonyl (C=O) groups is 1. The van der Waals surface area contributed by atoms with Crippen LogP contribution in [0.5, 0.6) is 0 Å². The van der Waals surface area contributed by atoms with Crippen molar-refractivity contribution in [1.29, 1.82) is 0 Å². The molecule has 7 atom stereocenters. The van der Waals surface area contributed by atoms with Crippen LogP contribution in [0.1, 0.15) is 94.2 Å². The summed E-state index contributed by atoms with van der Waals surface area (Å²) in [5, 5.41) is 21.5. The smallest absolute Gasteiger partial charge is 0.155 e. The first kappa shape index (κ1) is 22.0. The third kappa shape index (κ3) is 2.91.